The number of nitrogens with one attached hydrogen (secondary N) is 2. The van der Waals surface area contributed by atoms with E-state index in [-0.39, 0.29) is 24.9 Å². The Labute approximate surface area is 180 Å². The Morgan fingerprint density at radius 3 is 2.29 bits per heavy atom. The van der Waals surface area contributed by atoms with Gasteiger partial charge in [0.15, 0.2) is 0 Å². The van der Waals surface area contributed by atoms with E-state index in [1.807, 2.05) is 19.9 Å². The van der Waals surface area contributed by atoms with Crippen LogP contribution in [0.15, 0.2) is 36.4 Å². The fourth-order valence-corrected chi connectivity index (χ4v) is 3.17. The van der Waals surface area contributed by atoms with Gasteiger partial charge in [-0.15, -0.1) is 0 Å². The van der Waals surface area contributed by atoms with Crippen LogP contribution < -0.4 is 10.6 Å². The molecule has 0 atom stereocenters. The van der Waals surface area contributed by atoms with Gasteiger partial charge in [0.05, 0.1) is 13.1 Å². The first kappa shape index (κ1) is 22.5. The minimum atomic E-state index is -0.208. The standard InChI is InChI=1S/C20H22Cl3N3O2/c1-3-26(12-20(28)25-18-9-16(22)6-4-13(18)2)11-19(27)24-10-14-5-7-15(21)8-17(14)23/h4-9H,3,10-12H2,1-2H3,(H,24,27)(H,25,28). The summed E-state index contributed by atoms with van der Waals surface area (Å²) in [4.78, 5) is 26.3. The molecule has 0 unspecified atom stereocenters. The summed E-state index contributed by atoms with van der Waals surface area (Å²) in [5, 5.41) is 7.23. The summed E-state index contributed by atoms with van der Waals surface area (Å²) in [5.41, 5.74) is 2.35. The normalized spacial score (nSPS) is 10.8. The van der Waals surface area contributed by atoms with Crippen molar-refractivity contribution in [2.24, 2.45) is 0 Å². The van der Waals surface area contributed by atoms with Crippen molar-refractivity contribution in [2.45, 2.75) is 20.4 Å². The molecule has 8 heteroatoms. The molecule has 0 radical (unpaired) electrons. The molecule has 2 aromatic carbocycles. The van der Waals surface area contributed by atoms with Crippen LogP contribution in [0.5, 0.6) is 0 Å². The minimum Gasteiger partial charge on any atom is -0.351 e. The van der Waals surface area contributed by atoms with Gasteiger partial charge in [-0.1, -0.05) is 53.9 Å². The van der Waals surface area contributed by atoms with Gasteiger partial charge in [-0.25, -0.2) is 0 Å². The van der Waals surface area contributed by atoms with E-state index in [1.165, 1.54) is 0 Å². The Morgan fingerprint density at radius 1 is 0.964 bits per heavy atom. The molecular formula is C20H22Cl3N3O2. The monoisotopic (exact) mass is 441 g/mol. The smallest absolute Gasteiger partial charge is 0.238 e. The van der Waals surface area contributed by atoms with Crippen LogP contribution in [0.25, 0.3) is 0 Å². The highest BCUT2D eigenvalue weighted by Gasteiger charge is 2.14. The maximum Gasteiger partial charge on any atom is 0.238 e. The van der Waals surface area contributed by atoms with Crippen LogP contribution in [-0.4, -0.2) is 36.3 Å². The fraction of sp³-hybridized carbons (Fsp3) is 0.300. The van der Waals surface area contributed by atoms with E-state index in [9.17, 15) is 9.59 Å². The highest BCUT2D eigenvalue weighted by atomic mass is 35.5. The molecule has 0 aliphatic rings. The van der Waals surface area contributed by atoms with Crippen LogP contribution in [0.4, 0.5) is 5.69 Å². The summed E-state index contributed by atoms with van der Waals surface area (Å²) < 4.78 is 0. The first-order chi connectivity index (χ1) is 13.3. The van der Waals surface area contributed by atoms with Gasteiger partial charge in [0.1, 0.15) is 0 Å². The first-order valence-corrected chi connectivity index (χ1v) is 9.91. The van der Waals surface area contributed by atoms with Crippen molar-refractivity contribution < 1.29 is 9.59 Å². The maximum absolute atomic E-state index is 12.3. The number of nitrogens with zero attached hydrogens (tertiary/aromatic N) is 1. The molecule has 2 N–H and O–H groups in total. The largest absolute Gasteiger partial charge is 0.351 e. The highest BCUT2D eigenvalue weighted by molar-refractivity contribution is 6.35. The highest BCUT2D eigenvalue weighted by Crippen LogP contribution is 2.21. The van der Waals surface area contributed by atoms with Gasteiger partial charge >= 0.3 is 0 Å². The van der Waals surface area contributed by atoms with Gasteiger partial charge in [0, 0.05) is 27.3 Å². The Kier molecular flexibility index (Phi) is 8.58. The summed E-state index contributed by atoms with van der Waals surface area (Å²) in [6, 6.07) is 10.4. The molecule has 0 bridgehead atoms. The molecule has 0 aromatic heterocycles. The lowest BCUT2D eigenvalue weighted by atomic mass is 10.2. The van der Waals surface area contributed by atoms with Crippen molar-refractivity contribution in [2.75, 3.05) is 25.0 Å². The number of anilines is 1. The van der Waals surface area contributed by atoms with Crippen molar-refractivity contribution in [3.05, 3.63) is 62.6 Å². The fourth-order valence-electron chi connectivity index (χ4n) is 2.52. The van der Waals surface area contributed by atoms with Crippen molar-refractivity contribution in [1.29, 1.82) is 0 Å². The van der Waals surface area contributed by atoms with E-state index in [1.54, 1.807) is 35.2 Å². The molecule has 0 heterocycles. The average Bonchev–Trinajstić information content (AvgIpc) is 2.63. The van der Waals surface area contributed by atoms with Crippen LogP contribution in [0, 0.1) is 6.92 Å². The molecule has 2 aromatic rings. The van der Waals surface area contributed by atoms with Crippen LogP contribution in [0.1, 0.15) is 18.1 Å². The molecule has 0 aliphatic heterocycles. The quantitative estimate of drug-likeness (QED) is 0.631. The zero-order valence-corrected chi connectivity index (χ0v) is 18.0. The number of rotatable bonds is 8. The molecule has 2 amide bonds. The molecule has 0 saturated heterocycles. The van der Waals surface area contributed by atoms with E-state index >= 15 is 0 Å². The molecule has 0 fully saturated rings. The van der Waals surface area contributed by atoms with Crippen LogP contribution in [0.3, 0.4) is 0 Å². The number of likely N-dealkylation sites (N-methyl/N-ethyl adjacent to an activating group) is 1. The number of carbonyl (C=O) groups is 2. The lowest BCUT2D eigenvalue weighted by molar-refractivity contribution is -0.123. The topological polar surface area (TPSA) is 61.4 Å². The number of aryl methyl sites for hydroxylation is 1. The maximum atomic E-state index is 12.3. The van der Waals surface area contributed by atoms with Crippen molar-refractivity contribution >= 4 is 52.3 Å². The molecular weight excluding hydrogens is 421 g/mol. The third kappa shape index (κ3) is 6.99. The second-order valence-corrected chi connectivity index (χ2v) is 7.60. The molecule has 0 spiro atoms. The van der Waals surface area contributed by atoms with E-state index in [2.05, 4.69) is 10.6 Å². The van der Waals surface area contributed by atoms with Crippen molar-refractivity contribution in [1.82, 2.24) is 10.2 Å². The lowest BCUT2D eigenvalue weighted by Gasteiger charge is -2.20. The molecule has 150 valence electrons. The summed E-state index contributed by atoms with van der Waals surface area (Å²) in [6.45, 7) is 4.82. The SMILES string of the molecule is CCN(CC(=O)NCc1ccc(Cl)cc1Cl)CC(=O)Nc1cc(Cl)ccc1C. The Morgan fingerprint density at radius 2 is 1.61 bits per heavy atom. The van der Waals surface area contributed by atoms with Gasteiger partial charge in [-0.3, -0.25) is 14.5 Å². The number of benzene rings is 2. The third-order valence-electron chi connectivity index (χ3n) is 4.15. The predicted octanol–water partition coefficient (Wildman–Crippen LogP) is 4.53. The second kappa shape index (κ2) is 10.7. The molecule has 0 aliphatic carbocycles. The average molecular weight is 443 g/mol. The van der Waals surface area contributed by atoms with Gasteiger partial charge in [0.2, 0.25) is 11.8 Å². The van der Waals surface area contributed by atoms with E-state index in [0.717, 1.165) is 11.1 Å². The van der Waals surface area contributed by atoms with E-state index < -0.39 is 0 Å². The summed E-state index contributed by atoms with van der Waals surface area (Å²) in [7, 11) is 0. The first-order valence-electron chi connectivity index (χ1n) is 8.77. The number of halogens is 3. The van der Waals surface area contributed by atoms with E-state index in [0.29, 0.717) is 33.8 Å². The van der Waals surface area contributed by atoms with Gasteiger partial charge in [-0.2, -0.15) is 0 Å². The molecule has 2 rings (SSSR count). The second-order valence-electron chi connectivity index (χ2n) is 6.32. The lowest BCUT2D eigenvalue weighted by Crippen LogP contribution is -2.40. The Balaban J connectivity index is 1.86. The zero-order valence-electron chi connectivity index (χ0n) is 15.7. The van der Waals surface area contributed by atoms with E-state index in [4.69, 9.17) is 34.8 Å². The molecule has 28 heavy (non-hydrogen) atoms. The number of amides is 2. The van der Waals surface area contributed by atoms with Gasteiger partial charge in [0.25, 0.3) is 0 Å². The van der Waals surface area contributed by atoms with Crippen LogP contribution in [-0.2, 0) is 16.1 Å². The van der Waals surface area contributed by atoms with Gasteiger partial charge < -0.3 is 10.6 Å². The zero-order chi connectivity index (χ0) is 20.7. The number of hydrogen-bond acceptors (Lipinski definition) is 3. The van der Waals surface area contributed by atoms with Gasteiger partial charge in [-0.05, 0) is 48.9 Å². The number of hydrogen-bond donors (Lipinski definition) is 2. The van der Waals surface area contributed by atoms with Crippen molar-refractivity contribution in [3.63, 3.8) is 0 Å². The number of carbonyl (C=O) groups excluding carboxylic acids is 2. The summed E-state index contributed by atoms with van der Waals surface area (Å²) >= 11 is 18.0. The van der Waals surface area contributed by atoms with Crippen molar-refractivity contribution in [3.8, 4) is 0 Å². The Bertz CT molecular complexity index is 859. The van der Waals surface area contributed by atoms with Crippen LogP contribution in [0.2, 0.25) is 15.1 Å². The van der Waals surface area contributed by atoms with Crippen LogP contribution >= 0.6 is 34.8 Å². The third-order valence-corrected chi connectivity index (χ3v) is 4.97. The molecule has 5 nitrogen and oxygen atoms in total. The predicted molar refractivity (Wildman–Crippen MR) is 115 cm³/mol. The minimum absolute atomic E-state index is 0.0948. The Hall–Kier alpha value is -1.79. The summed E-state index contributed by atoms with van der Waals surface area (Å²) in [5.74, 6) is -0.402. The summed E-state index contributed by atoms with van der Waals surface area (Å²) in [6.07, 6.45) is 0. The molecule has 0 saturated carbocycles.